The largest absolute Gasteiger partial charge is 0.361 e. The first-order valence-electron chi connectivity index (χ1n) is 5.60. The van der Waals surface area contributed by atoms with E-state index in [4.69, 9.17) is 0 Å². The highest BCUT2D eigenvalue weighted by atomic mass is 16.1. The Labute approximate surface area is 97.9 Å². The minimum absolute atomic E-state index is 0.140. The van der Waals surface area contributed by atoms with Crippen molar-refractivity contribution in [1.29, 1.82) is 0 Å². The van der Waals surface area contributed by atoms with Gasteiger partial charge in [0, 0.05) is 28.2 Å². The number of rotatable bonds is 0. The summed E-state index contributed by atoms with van der Waals surface area (Å²) in [4.78, 5) is 15.5. The molecule has 0 bridgehead atoms. The molecule has 1 heterocycles. The van der Waals surface area contributed by atoms with Crippen LogP contribution in [0.25, 0.3) is 22.0 Å². The molecular weight excluding hydrogens is 210 g/mol. The average molecular weight is 219 g/mol. The number of hydrogen-bond acceptors (Lipinski definition) is 1. The molecule has 0 fully saturated rings. The molecule has 1 N–H and O–H groups in total. The van der Waals surface area contributed by atoms with Gasteiger partial charge in [0.1, 0.15) is 0 Å². The summed E-state index contributed by atoms with van der Waals surface area (Å²) in [6, 6.07) is 13.8. The van der Waals surface area contributed by atoms with Crippen LogP contribution in [0.15, 0.2) is 48.7 Å². The summed E-state index contributed by atoms with van der Waals surface area (Å²) in [6.07, 6.45) is 1.88. The van der Waals surface area contributed by atoms with E-state index in [9.17, 15) is 4.79 Å². The maximum absolute atomic E-state index is 12.4. The van der Waals surface area contributed by atoms with Crippen molar-refractivity contribution in [3.63, 3.8) is 0 Å². The van der Waals surface area contributed by atoms with Gasteiger partial charge in [0.2, 0.25) is 0 Å². The minimum atomic E-state index is 0.140. The molecule has 1 aliphatic rings. The van der Waals surface area contributed by atoms with Gasteiger partial charge >= 0.3 is 0 Å². The zero-order valence-corrected chi connectivity index (χ0v) is 9.03. The standard InChI is InChI=1S/C15H9NO/c17-15-11-4-2-1-3-9(11)10-5-6-13-12(14(10)15)7-8-16-13/h1-8,16H. The van der Waals surface area contributed by atoms with Gasteiger partial charge in [-0.05, 0) is 23.3 Å². The topological polar surface area (TPSA) is 32.9 Å². The van der Waals surface area contributed by atoms with Crippen LogP contribution in [0.1, 0.15) is 15.9 Å². The van der Waals surface area contributed by atoms with E-state index in [2.05, 4.69) is 4.98 Å². The van der Waals surface area contributed by atoms with E-state index in [-0.39, 0.29) is 5.78 Å². The Morgan fingerprint density at radius 1 is 0.824 bits per heavy atom. The monoisotopic (exact) mass is 219 g/mol. The second-order valence-corrected chi connectivity index (χ2v) is 4.30. The number of aromatic nitrogens is 1. The number of ketones is 1. The molecule has 80 valence electrons. The predicted octanol–water partition coefficient (Wildman–Crippen LogP) is 3.38. The van der Waals surface area contributed by atoms with Crippen molar-refractivity contribution in [3.05, 3.63) is 59.8 Å². The molecule has 2 heteroatoms. The van der Waals surface area contributed by atoms with E-state index in [0.717, 1.165) is 33.2 Å². The summed E-state index contributed by atoms with van der Waals surface area (Å²) in [5.41, 5.74) is 4.78. The number of fused-ring (bicyclic) bond motifs is 5. The van der Waals surface area contributed by atoms with Crippen molar-refractivity contribution in [2.45, 2.75) is 0 Å². The molecule has 3 aromatic rings. The van der Waals surface area contributed by atoms with Crippen molar-refractivity contribution >= 4 is 16.7 Å². The number of benzene rings is 2. The van der Waals surface area contributed by atoms with E-state index >= 15 is 0 Å². The van der Waals surface area contributed by atoms with Crippen molar-refractivity contribution < 1.29 is 4.79 Å². The van der Waals surface area contributed by atoms with Gasteiger partial charge in [0.25, 0.3) is 0 Å². The minimum Gasteiger partial charge on any atom is -0.361 e. The number of carbonyl (C=O) groups is 1. The van der Waals surface area contributed by atoms with Gasteiger partial charge in [-0.1, -0.05) is 30.3 Å². The van der Waals surface area contributed by atoms with Crippen molar-refractivity contribution in [2.75, 3.05) is 0 Å². The van der Waals surface area contributed by atoms with Crippen LogP contribution >= 0.6 is 0 Å². The predicted molar refractivity (Wildman–Crippen MR) is 67.2 cm³/mol. The zero-order valence-electron chi connectivity index (χ0n) is 9.03. The highest BCUT2D eigenvalue weighted by Crippen LogP contribution is 2.39. The summed E-state index contributed by atoms with van der Waals surface area (Å²) in [5.74, 6) is 0.140. The third-order valence-electron chi connectivity index (χ3n) is 3.42. The molecule has 0 aliphatic heterocycles. The maximum atomic E-state index is 12.4. The van der Waals surface area contributed by atoms with Gasteiger partial charge in [-0.15, -0.1) is 0 Å². The zero-order chi connectivity index (χ0) is 11.4. The number of nitrogens with one attached hydrogen (secondary N) is 1. The molecule has 0 spiro atoms. The molecule has 1 aliphatic carbocycles. The normalized spacial score (nSPS) is 12.8. The Kier molecular flexibility index (Phi) is 1.47. The summed E-state index contributed by atoms with van der Waals surface area (Å²) in [5, 5.41) is 1.02. The molecule has 0 unspecified atom stereocenters. The van der Waals surface area contributed by atoms with Gasteiger partial charge in [-0.2, -0.15) is 0 Å². The summed E-state index contributed by atoms with van der Waals surface area (Å²) >= 11 is 0. The lowest BCUT2D eigenvalue weighted by atomic mass is 10.0. The van der Waals surface area contributed by atoms with Crippen molar-refractivity contribution in [1.82, 2.24) is 4.98 Å². The molecule has 0 saturated carbocycles. The fraction of sp³-hybridized carbons (Fsp3) is 0. The first-order valence-corrected chi connectivity index (χ1v) is 5.60. The summed E-state index contributed by atoms with van der Waals surface area (Å²) < 4.78 is 0. The summed E-state index contributed by atoms with van der Waals surface area (Å²) in [7, 11) is 0. The molecule has 4 rings (SSSR count). The Balaban J connectivity index is 2.20. The summed E-state index contributed by atoms with van der Waals surface area (Å²) in [6.45, 7) is 0. The molecule has 0 saturated heterocycles. The fourth-order valence-corrected chi connectivity index (χ4v) is 2.65. The van der Waals surface area contributed by atoms with E-state index in [1.165, 1.54) is 0 Å². The smallest absolute Gasteiger partial charge is 0.194 e. The Morgan fingerprint density at radius 3 is 2.53 bits per heavy atom. The number of hydrogen-bond donors (Lipinski definition) is 1. The molecule has 0 amide bonds. The second-order valence-electron chi connectivity index (χ2n) is 4.30. The lowest BCUT2D eigenvalue weighted by molar-refractivity contribution is 0.104. The highest BCUT2D eigenvalue weighted by molar-refractivity contribution is 6.27. The van der Waals surface area contributed by atoms with Crippen LogP contribution in [-0.2, 0) is 0 Å². The molecule has 2 aromatic carbocycles. The Bertz CT molecular complexity index is 767. The lowest BCUT2D eigenvalue weighted by Crippen LogP contribution is -1.95. The van der Waals surface area contributed by atoms with E-state index in [0.29, 0.717) is 0 Å². The van der Waals surface area contributed by atoms with Crippen molar-refractivity contribution in [3.8, 4) is 11.1 Å². The first kappa shape index (κ1) is 8.76. The average Bonchev–Trinajstić information content (AvgIpc) is 2.93. The molecule has 1 aromatic heterocycles. The van der Waals surface area contributed by atoms with Gasteiger partial charge in [-0.25, -0.2) is 0 Å². The van der Waals surface area contributed by atoms with Crippen LogP contribution in [0.5, 0.6) is 0 Å². The van der Waals surface area contributed by atoms with Gasteiger partial charge in [0.05, 0.1) is 0 Å². The van der Waals surface area contributed by atoms with Crippen LogP contribution < -0.4 is 0 Å². The molecule has 2 nitrogen and oxygen atoms in total. The first-order chi connectivity index (χ1) is 8.36. The third-order valence-corrected chi connectivity index (χ3v) is 3.42. The molecular formula is C15H9NO. The van der Waals surface area contributed by atoms with Crippen LogP contribution in [-0.4, -0.2) is 10.8 Å². The molecule has 0 atom stereocenters. The number of carbonyl (C=O) groups excluding carboxylic acids is 1. The quantitative estimate of drug-likeness (QED) is 0.483. The van der Waals surface area contributed by atoms with Gasteiger partial charge in [0.15, 0.2) is 5.78 Å². The molecule has 17 heavy (non-hydrogen) atoms. The Morgan fingerprint density at radius 2 is 1.65 bits per heavy atom. The number of aromatic amines is 1. The fourth-order valence-electron chi connectivity index (χ4n) is 2.65. The van der Waals surface area contributed by atoms with Crippen LogP contribution in [0.3, 0.4) is 0 Å². The van der Waals surface area contributed by atoms with E-state index in [1.807, 2.05) is 48.7 Å². The molecule has 0 radical (unpaired) electrons. The van der Waals surface area contributed by atoms with Crippen LogP contribution in [0, 0.1) is 0 Å². The van der Waals surface area contributed by atoms with Crippen molar-refractivity contribution in [2.24, 2.45) is 0 Å². The van der Waals surface area contributed by atoms with Crippen LogP contribution in [0.4, 0.5) is 0 Å². The lowest BCUT2D eigenvalue weighted by Gasteiger charge is -2.00. The van der Waals surface area contributed by atoms with Crippen LogP contribution in [0.2, 0.25) is 0 Å². The highest BCUT2D eigenvalue weighted by Gasteiger charge is 2.27. The van der Waals surface area contributed by atoms with Gasteiger partial charge in [-0.3, -0.25) is 4.79 Å². The van der Waals surface area contributed by atoms with E-state index in [1.54, 1.807) is 0 Å². The van der Waals surface area contributed by atoms with Gasteiger partial charge < -0.3 is 4.98 Å². The van der Waals surface area contributed by atoms with E-state index < -0.39 is 0 Å². The third kappa shape index (κ3) is 0.972. The Hall–Kier alpha value is -2.35. The maximum Gasteiger partial charge on any atom is 0.194 e. The number of H-pyrrole nitrogens is 1. The SMILES string of the molecule is O=C1c2ccccc2-c2ccc3[nH]ccc3c21. The second kappa shape index (κ2) is 2.86.